The van der Waals surface area contributed by atoms with Crippen LogP contribution >= 0.6 is 0 Å². The van der Waals surface area contributed by atoms with E-state index in [1.54, 1.807) is 18.2 Å². The monoisotopic (exact) mass is 993 g/mol. The molecule has 0 spiro atoms. The van der Waals surface area contributed by atoms with Crippen LogP contribution in [0.15, 0.2) is 70.1 Å². The first-order valence-corrected chi connectivity index (χ1v) is 30.9. The van der Waals surface area contributed by atoms with Gasteiger partial charge in [-0.2, -0.15) is 13.0 Å². The summed E-state index contributed by atoms with van der Waals surface area (Å²) >= 11 is 0. The van der Waals surface area contributed by atoms with Crippen LogP contribution in [0.1, 0.15) is 258 Å². The first kappa shape index (κ1) is 58.8. The molecule has 2 aromatic rings. The quantitative estimate of drug-likeness (QED) is 0.0404. The molecule has 2 aliphatic rings. The Bertz CT molecular complexity index is 2150. The standard InChI is InChI=1S/C59H96N2O6S2/c1-7-9-11-13-15-17-19-21-23-25-27-29-31-33-35-37-46-60-54-44-42-50(68(62,63)64)48-52(54)58(3,4)56(60)40-39-41-57-59(5,6)53-49-51(69(65,66)67)43-45-55(53)61(57)47-38-36-34-32-30-28-26-24-22-20-18-16-14-12-10-8-2/h39-45,48-49H,7-38,46-47H2,1-6H3,(H-,62,63,64,65,66,67). The van der Waals surface area contributed by atoms with Crippen LogP contribution in [0, 0.1) is 0 Å². The molecule has 0 bridgehead atoms. The molecule has 69 heavy (non-hydrogen) atoms. The summed E-state index contributed by atoms with van der Waals surface area (Å²) in [7, 11) is -9.01. The van der Waals surface area contributed by atoms with E-state index < -0.39 is 31.1 Å². The molecular formula is C59H96N2O6S2. The molecule has 10 heteroatoms. The van der Waals surface area contributed by atoms with Gasteiger partial charge in [-0.3, -0.25) is 4.55 Å². The van der Waals surface area contributed by atoms with Crippen LogP contribution in [0.25, 0.3) is 0 Å². The lowest BCUT2D eigenvalue weighted by atomic mass is 9.81. The second kappa shape index (κ2) is 30.3. The molecule has 2 aromatic carbocycles. The van der Waals surface area contributed by atoms with E-state index in [4.69, 9.17) is 0 Å². The van der Waals surface area contributed by atoms with Crippen LogP contribution in [0.2, 0.25) is 0 Å². The zero-order chi connectivity index (χ0) is 50.2. The molecule has 390 valence electrons. The molecule has 0 saturated heterocycles. The predicted molar refractivity (Wildman–Crippen MR) is 290 cm³/mol. The maximum atomic E-state index is 12.3. The largest absolute Gasteiger partial charge is 0.744 e. The van der Waals surface area contributed by atoms with E-state index in [2.05, 4.69) is 69.2 Å². The van der Waals surface area contributed by atoms with Gasteiger partial charge in [0, 0.05) is 47.5 Å². The van der Waals surface area contributed by atoms with Crippen LogP contribution in [-0.2, 0) is 31.1 Å². The highest BCUT2D eigenvalue weighted by atomic mass is 32.2. The van der Waals surface area contributed by atoms with E-state index >= 15 is 0 Å². The zero-order valence-corrected chi connectivity index (χ0v) is 46.1. The summed E-state index contributed by atoms with van der Waals surface area (Å²) in [5.74, 6) is 0. The maximum absolute atomic E-state index is 12.3. The van der Waals surface area contributed by atoms with Gasteiger partial charge in [0.25, 0.3) is 10.1 Å². The third-order valence-electron chi connectivity index (χ3n) is 15.3. The van der Waals surface area contributed by atoms with Crippen LogP contribution in [0.5, 0.6) is 0 Å². The lowest BCUT2D eigenvalue weighted by Gasteiger charge is -2.27. The van der Waals surface area contributed by atoms with E-state index in [9.17, 15) is 25.9 Å². The molecule has 0 fully saturated rings. The van der Waals surface area contributed by atoms with Crippen LogP contribution < -0.4 is 4.90 Å². The fourth-order valence-electron chi connectivity index (χ4n) is 11.0. The summed E-state index contributed by atoms with van der Waals surface area (Å²) in [4.78, 5) is 2.03. The highest BCUT2D eigenvalue weighted by Crippen LogP contribution is 2.49. The lowest BCUT2D eigenvalue weighted by Crippen LogP contribution is -2.28. The Labute approximate surface area is 422 Å². The number of allylic oxidation sites excluding steroid dienone is 4. The smallest absolute Gasteiger partial charge is 0.294 e. The summed E-state index contributed by atoms with van der Waals surface area (Å²) in [5.41, 5.74) is 4.60. The molecule has 0 aliphatic carbocycles. The van der Waals surface area contributed by atoms with Crippen LogP contribution in [-0.4, -0.2) is 49.3 Å². The summed E-state index contributed by atoms with van der Waals surface area (Å²) in [6.07, 6.45) is 48.1. The molecule has 0 aromatic heterocycles. The van der Waals surface area contributed by atoms with Gasteiger partial charge in [0.05, 0.1) is 15.2 Å². The van der Waals surface area contributed by atoms with E-state index in [1.807, 2.05) is 6.07 Å². The number of benzene rings is 2. The van der Waals surface area contributed by atoms with Gasteiger partial charge in [-0.15, -0.1) is 0 Å². The highest BCUT2D eigenvalue weighted by molar-refractivity contribution is 7.86. The molecule has 4 rings (SSSR count). The summed E-state index contributed by atoms with van der Waals surface area (Å²) in [5, 5.41) is 0. The summed E-state index contributed by atoms with van der Waals surface area (Å²) in [6.45, 7) is 14.6. The minimum atomic E-state index is -4.63. The van der Waals surface area contributed by atoms with Crippen LogP contribution in [0.3, 0.4) is 0 Å². The fraction of sp³-hybridized carbons (Fsp3) is 0.712. The predicted octanol–water partition coefficient (Wildman–Crippen LogP) is 17.0. The van der Waals surface area contributed by atoms with E-state index in [1.165, 1.54) is 192 Å². The number of unbranched alkanes of at least 4 members (excludes halogenated alkanes) is 30. The third kappa shape index (κ3) is 19.0. The topological polar surface area (TPSA) is 118 Å². The molecular weight excluding hydrogens is 897 g/mol. The van der Waals surface area contributed by atoms with Crippen molar-refractivity contribution >= 4 is 37.3 Å². The van der Waals surface area contributed by atoms with Crippen molar-refractivity contribution < 1.29 is 30.5 Å². The van der Waals surface area contributed by atoms with Crippen molar-refractivity contribution in [3.8, 4) is 0 Å². The zero-order valence-electron chi connectivity index (χ0n) is 44.4. The summed E-state index contributed by atoms with van der Waals surface area (Å²) in [6, 6.07) is 9.79. The van der Waals surface area contributed by atoms with Crippen molar-refractivity contribution in [1.82, 2.24) is 0 Å². The number of hydrogen-bond donors (Lipinski definition) is 1. The first-order valence-electron chi connectivity index (χ1n) is 28.1. The van der Waals surface area contributed by atoms with Crippen molar-refractivity contribution in [2.24, 2.45) is 0 Å². The Balaban J connectivity index is 1.39. The molecule has 2 aliphatic heterocycles. The molecule has 1 N–H and O–H groups in total. The van der Waals surface area contributed by atoms with Gasteiger partial charge >= 0.3 is 0 Å². The average Bonchev–Trinajstić information content (AvgIpc) is 3.65. The number of rotatable bonds is 38. The molecule has 8 nitrogen and oxygen atoms in total. The van der Waals surface area contributed by atoms with Crippen molar-refractivity contribution in [3.63, 3.8) is 0 Å². The third-order valence-corrected chi connectivity index (χ3v) is 17.0. The Morgan fingerprint density at radius 3 is 1.38 bits per heavy atom. The average molecular weight is 994 g/mol. The number of fused-ring (bicyclic) bond motifs is 2. The Morgan fingerprint density at radius 1 is 0.536 bits per heavy atom. The van der Waals surface area contributed by atoms with E-state index in [-0.39, 0.29) is 9.79 Å². The van der Waals surface area contributed by atoms with E-state index in [0.717, 1.165) is 72.7 Å². The van der Waals surface area contributed by atoms with Gasteiger partial charge in [0.15, 0.2) is 5.71 Å². The molecule has 0 saturated carbocycles. The minimum absolute atomic E-state index is 0.0984. The second-order valence-electron chi connectivity index (χ2n) is 21.7. The molecule has 0 radical (unpaired) electrons. The number of anilines is 1. The molecule has 0 unspecified atom stereocenters. The highest BCUT2D eigenvalue weighted by Gasteiger charge is 2.45. The minimum Gasteiger partial charge on any atom is -0.744 e. The molecule has 2 heterocycles. The Kier molecular flexibility index (Phi) is 25.8. The second-order valence-corrected chi connectivity index (χ2v) is 24.5. The van der Waals surface area contributed by atoms with Gasteiger partial charge in [-0.25, -0.2) is 8.42 Å². The van der Waals surface area contributed by atoms with Crippen molar-refractivity contribution in [1.29, 1.82) is 0 Å². The maximum Gasteiger partial charge on any atom is 0.294 e. The van der Waals surface area contributed by atoms with Gasteiger partial charge in [0.1, 0.15) is 16.7 Å². The van der Waals surface area contributed by atoms with Crippen molar-refractivity contribution in [2.45, 2.75) is 268 Å². The van der Waals surface area contributed by atoms with Gasteiger partial charge < -0.3 is 9.45 Å². The number of nitrogens with zero attached hydrogens (tertiary/aromatic N) is 2. The van der Waals surface area contributed by atoms with Crippen LogP contribution in [0.4, 0.5) is 11.4 Å². The normalized spacial score (nSPS) is 16.1. The number of hydrogen-bond acceptors (Lipinski definition) is 6. The van der Waals surface area contributed by atoms with E-state index in [0.29, 0.717) is 0 Å². The van der Waals surface area contributed by atoms with Crippen molar-refractivity contribution in [3.05, 3.63) is 71.5 Å². The SMILES string of the molecule is CCCCCCCCCCCCCCCCCCN1/C(=C\C=C\C2=[N+](CCCCCCCCCCCCCCCCCC)c3ccc(S(=O)(=O)[O-])cc3C2(C)C)C(C)(C)c2cc(S(=O)(=O)O)ccc21. The summed E-state index contributed by atoms with van der Waals surface area (Å²) < 4.78 is 73.6. The van der Waals surface area contributed by atoms with Gasteiger partial charge in [-0.05, 0) is 68.7 Å². The van der Waals surface area contributed by atoms with Gasteiger partial charge in [0.2, 0.25) is 5.69 Å². The fourth-order valence-corrected chi connectivity index (χ4v) is 12.0. The lowest BCUT2D eigenvalue weighted by molar-refractivity contribution is -0.438. The Morgan fingerprint density at radius 2 is 0.942 bits per heavy atom. The van der Waals surface area contributed by atoms with Crippen molar-refractivity contribution in [2.75, 3.05) is 18.0 Å². The first-order chi connectivity index (χ1) is 33.0. The Hall–Kier alpha value is -2.79. The molecule has 0 amide bonds. The molecule has 0 atom stereocenters. The van der Waals surface area contributed by atoms with Gasteiger partial charge in [-0.1, -0.05) is 220 Å².